The Morgan fingerprint density at radius 3 is 1.06 bits per heavy atom. The van der Waals surface area contributed by atoms with Gasteiger partial charge in [-0.3, -0.25) is 0 Å². The second-order valence-electron chi connectivity index (χ2n) is 21.9. The minimum atomic E-state index is -4.23. The summed E-state index contributed by atoms with van der Waals surface area (Å²) in [6, 6.07) is 85.6. The molecule has 0 spiro atoms. The average Bonchev–Trinajstić information content (AvgIpc) is 2.47. The summed E-state index contributed by atoms with van der Waals surface area (Å²) in [7, 11) is 0. The quantitative estimate of drug-likeness (QED) is 0.164. The monoisotopic (exact) mass is 1120 g/mol. The van der Waals surface area contributed by atoms with Gasteiger partial charge in [-0.25, -0.2) is 0 Å². The van der Waals surface area contributed by atoms with Crippen molar-refractivity contribution < 1.29 is 13.3 Å². The van der Waals surface area contributed by atoms with Crippen molar-refractivity contribution in [3.63, 3.8) is 0 Å². The van der Waals surface area contributed by atoms with Crippen LogP contribution in [0.25, 0.3) is 109 Å². The third kappa shape index (κ3) is 5.51. The Balaban J connectivity index is 0.935. The van der Waals surface area contributed by atoms with Crippen molar-refractivity contribution in [2.75, 3.05) is 14.7 Å². The predicted octanol–water partition coefficient (Wildman–Crippen LogP) is 18.8. The number of anilines is 9. The Bertz CT molecular complexity index is 5420. The molecule has 7 heteroatoms. The SMILES string of the molecule is C[CH2][Sn]12[c]3c4cccc3N(c3ccc5oc6cc7ccccc7cc6c5c3)c3cc5ccccc5c([c]31)N(c1ccc3oc5cc6ccccc6cc5c3c1)c1cccc([c]12)N4c1ccc2oc3cc4ccccc4cc3c2c1. The van der Waals surface area contributed by atoms with Gasteiger partial charge in [0.1, 0.15) is 0 Å². The molecular formula is C72H43N3O3Sn. The first kappa shape index (κ1) is 42.6. The second-order valence-corrected chi connectivity index (χ2v) is 33.3. The summed E-state index contributed by atoms with van der Waals surface area (Å²) in [5.41, 5.74) is 16.2. The van der Waals surface area contributed by atoms with Crippen LogP contribution in [0.3, 0.4) is 0 Å². The molecule has 6 heterocycles. The number of benzene rings is 13. The number of hydrogen-bond donors (Lipinski definition) is 0. The fraction of sp³-hybridized carbons (Fsp3) is 0.0278. The molecule has 0 radical (unpaired) electrons. The van der Waals surface area contributed by atoms with E-state index in [9.17, 15) is 0 Å². The van der Waals surface area contributed by atoms with Gasteiger partial charge >= 0.3 is 459 Å². The van der Waals surface area contributed by atoms with E-state index in [1.807, 2.05) is 0 Å². The minimum absolute atomic E-state index is 0.879. The third-order valence-electron chi connectivity index (χ3n) is 18.0. The molecular weight excluding hydrogens is 1070 g/mol. The molecule has 1 atom stereocenters. The zero-order chi connectivity index (χ0) is 51.4. The maximum absolute atomic E-state index is 6.71. The molecule has 1 unspecified atom stereocenters. The summed E-state index contributed by atoms with van der Waals surface area (Å²) >= 11 is -4.23. The van der Waals surface area contributed by atoms with Crippen molar-refractivity contribution in [1.82, 2.24) is 0 Å². The molecule has 16 aromatic rings. The van der Waals surface area contributed by atoms with Gasteiger partial charge < -0.3 is 0 Å². The Kier molecular flexibility index (Phi) is 8.17. The van der Waals surface area contributed by atoms with Crippen molar-refractivity contribution >= 4 is 189 Å². The van der Waals surface area contributed by atoms with E-state index in [1.54, 1.807) is 0 Å². The molecule has 6 nitrogen and oxygen atoms in total. The first-order valence-electron chi connectivity index (χ1n) is 27.4. The van der Waals surface area contributed by atoms with E-state index in [0.717, 1.165) is 87.3 Å². The summed E-state index contributed by atoms with van der Waals surface area (Å²) in [6.45, 7) is 2.50. The van der Waals surface area contributed by atoms with Crippen LogP contribution < -0.4 is 25.4 Å². The van der Waals surface area contributed by atoms with Crippen LogP contribution in [0.2, 0.25) is 4.44 Å². The van der Waals surface area contributed by atoms with E-state index in [2.05, 4.69) is 252 Å². The van der Waals surface area contributed by atoms with E-state index in [4.69, 9.17) is 13.3 Å². The van der Waals surface area contributed by atoms with Crippen molar-refractivity contribution in [2.45, 2.75) is 11.4 Å². The van der Waals surface area contributed by atoms with Crippen LogP contribution in [0.4, 0.5) is 51.2 Å². The molecule has 0 saturated heterocycles. The second kappa shape index (κ2) is 15.2. The fourth-order valence-electron chi connectivity index (χ4n) is 14.7. The van der Waals surface area contributed by atoms with Gasteiger partial charge in [0.2, 0.25) is 0 Å². The molecule has 368 valence electrons. The van der Waals surface area contributed by atoms with Gasteiger partial charge in [0.05, 0.1) is 0 Å². The molecule has 0 bridgehead atoms. The Labute approximate surface area is 456 Å². The van der Waals surface area contributed by atoms with Gasteiger partial charge in [0.25, 0.3) is 0 Å². The molecule has 3 aliphatic heterocycles. The standard InChI is InChI=1S/C70H38N3O3.C2H5.Sn/c1-4-14-45-33-68-58(30-42(45)11-1)61-38-53(23-26-65(61)74-68)71-49-18-9-20-51(36-49)72(54-24-27-66-62(39-54)59-31-43-12-2-5-15-46(43)34-69(59)75-66)56-29-48-17-7-8-22-57(48)64(41-56)73(52-21-10-19-50(71)37-52)55-25-28-67-63(40-55)60-32-44-13-3-6-16-47(44)35-70(60)76-67;1-2;/h1-35,38-40H;1H2,2H3;. The van der Waals surface area contributed by atoms with Crippen LogP contribution in [0.1, 0.15) is 6.92 Å². The topological polar surface area (TPSA) is 49.1 Å². The van der Waals surface area contributed by atoms with Gasteiger partial charge in [-0.2, -0.15) is 0 Å². The molecule has 0 amide bonds. The summed E-state index contributed by atoms with van der Waals surface area (Å²) in [5, 5.41) is 16.2. The summed E-state index contributed by atoms with van der Waals surface area (Å²) in [4.78, 5) is 7.83. The molecule has 0 aliphatic carbocycles. The van der Waals surface area contributed by atoms with Crippen LogP contribution >= 0.6 is 0 Å². The normalized spacial score (nSPS) is 15.4. The number of nitrogens with zero attached hydrogens (tertiary/aromatic N) is 3. The van der Waals surface area contributed by atoms with E-state index >= 15 is 0 Å². The van der Waals surface area contributed by atoms with Crippen LogP contribution in [0, 0.1) is 0 Å². The molecule has 3 aliphatic rings. The third-order valence-corrected chi connectivity index (χ3v) is 32.7. The van der Waals surface area contributed by atoms with Gasteiger partial charge in [0.15, 0.2) is 0 Å². The first-order valence-corrected chi connectivity index (χ1v) is 33.7. The van der Waals surface area contributed by atoms with E-state index in [-0.39, 0.29) is 0 Å². The van der Waals surface area contributed by atoms with Crippen molar-refractivity contribution in [2.24, 2.45) is 0 Å². The van der Waals surface area contributed by atoms with Crippen LogP contribution in [-0.2, 0) is 0 Å². The number of furan rings is 3. The summed E-state index contributed by atoms with van der Waals surface area (Å²) < 4.78 is 25.6. The van der Waals surface area contributed by atoms with Crippen molar-refractivity contribution in [3.8, 4) is 0 Å². The van der Waals surface area contributed by atoms with Crippen LogP contribution in [0.5, 0.6) is 0 Å². The van der Waals surface area contributed by atoms with Crippen LogP contribution in [-0.4, -0.2) is 18.4 Å². The number of hydrogen-bond acceptors (Lipinski definition) is 6. The fourth-order valence-corrected chi connectivity index (χ4v) is 30.7. The van der Waals surface area contributed by atoms with Gasteiger partial charge in [0, 0.05) is 0 Å². The predicted molar refractivity (Wildman–Crippen MR) is 331 cm³/mol. The van der Waals surface area contributed by atoms with Crippen molar-refractivity contribution in [3.05, 3.63) is 231 Å². The zero-order valence-corrected chi connectivity index (χ0v) is 45.6. The average molecular weight is 1120 g/mol. The molecule has 0 saturated carbocycles. The molecule has 0 N–H and O–H groups in total. The van der Waals surface area contributed by atoms with E-state index < -0.39 is 18.4 Å². The molecule has 19 rings (SSSR count). The summed E-state index contributed by atoms with van der Waals surface area (Å²) in [5.74, 6) is 0. The molecule has 0 fully saturated rings. The zero-order valence-electron chi connectivity index (χ0n) is 42.7. The molecule has 79 heavy (non-hydrogen) atoms. The van der Waals surface area contributed by atoms with Gasteiger partial charge in [-0.15, -0.1) is 0 Å². The van der Waals surface area contributed by atoms with Gasteiger partial charge in [-0.05, 0) is 0 Å². The number of fused-ring (bicyclic) bond motifs is 14. The van der Waals surface area contributed by atoms with E-state index in [0.29, 0.717) is 0 Å². The Hall–Kier alpha value is -9.50. The Morgan fingerprint density at radius 2 is 0.633 bits per heavy atom. The van der Waals surface area contributed by atoms with Crippen molar-refractivity contribution in [1.29, 1.82) is 0 Å². The molecule has 13 aromatic carbocycles. The molecule has 3 aromatic heterocycles. The first-order chi connectivity index (χ1) is 39.1. The number of rotatable bonds is 4. The summed E-state index contributed by atoms with van der Waals surface area (Å²) in [6.07, 6.45) is 0. The van der Waals surface area contributed by atoms with Crippen LogP contribution in [0.15, 0.2) is 244 Å². The van der Waals surface area contributed by atoms with Gasteiger partial charge in [-0.1, -0.05) is 0 Å². The Morgan fingerprint density at radius 1 is 0.278 bits per heavy atom. The van der Waals surface area contributed by atoms with E-state index in [1.165, 1.54) is 88.0 Å². The maximum atomic E-state index is 6.71.